The molecule has 1 saturated heterocycles. The second-order valence-corrected chi connectivity index (χ2v) is 6.80. The molecule has 1 aromatic carbocycles. The van der Waals surface area contributed by atoms with Gasteiger partial charge in [0, 0.05) is 23.2 Å². The van der Waals surface area contributed by atoms with Crippen LogP contribution in [-0.2, 0) is 16.6 Å². The van der Waals surface area contributed by atoms with Crippen LogP contribution in [0.15, 0.2) is 22.7 Å². The summed E-state index contributed by atoms with van der Waals surface area (Å²) in [5.41, 5.74) is 7.24. The van der Waals surface area contributed by atoms with Crippen molar-refractivity contribution in [3.63, 3.8) is 0 Å². The molecule has 2 N–H and O–H groups in total. The number of nitrogens with zero attached hydrogens (tertiary/aromatic N) is 1. The van der Waals surface area contributed by atoms with Gasteiger partial charge < -0.3 is 5.73 Å². The first-order valence-electron chi connectivity index (χ1n) is 5.01. The zero-order valence-electron chi connectivity index (χ0n) is 8.69. The summed E-state index contributed by atoms with van der Waals surface area (Å²) in [7, 11) is -3.03. The Kier molecular flexibility index (Phi) is 3.23. The Labute approximate surface area is 104 Å². The monoisotopic (exact) mass is 304 g/mol. The van der Waals surface area contributed by atoms with Crippen molar-refractivity contribution in [2.24, 2.45) is 0 Å². The Balaban J connectivity index is 2.21. The van der Waals surface area contributed by atoms with Crippen LogP contribution in [0.4, 0.5) is 5.69 Å². The van der Waals surface area contributed by atoms with E-state index in [9.17, 15) is 8.42 Å². The SMILES string of the molecule is Nc1ccc(CN2CCCS2(=O)=O)c(Br)c1. The molecule has 1 aliphatic heterocycles. The molecule has 1 aromatic rings. The van der Waals surface area contributed by atoms with Gasteiger partial charge in [0.05, 0.1) is 5.75 Å². The van der Waals surface area contributed by atoms with Crippen LogP contribution >= 0.6 is 15.9 Å². The number of nitrogen functional groups attached to an aromatic ring is 1. The first-order valence-corrected chi connectivity index (χ1v) is 7.41. The Morgan fingerprint density at radius 1 is 1.44 bits per heavy atom. The molecule has 0 radical (unpaired) electrons. The van der Waals surface area contributed by atoms with Crippen LogP contribution in [0.25, 0.3) is 0 Å². The van der Waals surface area contributed by atoms with Gasteiger partial charge in [-0.1, -0.05) is 22.0 Å². The fourth-order valence-electron chi connectivity index (χ4n) is 1.75. The summed E-state index contributed by atoms with van der Waals surface area (Å²) in [5.74, 6) is 0.263. The van der Waals surface area contributed by atoms with Crippen LogP contribution in [-0.4, -0.2) is 25.0 Å². The van der Waals surface area contributed by atoms with E-state index in [2.05, 4.69) is 15.9 Å². The lowest BCUT2D eigenvalue weighted by atomic mass is 10.2. The minimum atomic E-state index is -3.03. The molecule has 0 unspecified atom stereocenters. The molecule has 4 nitrogen and oxygen atoms in total. The van der Waals surface area contributed by atoms with E-state index >= 15 is 0 Å². The molecule has 0 aromatic heterocycles. The molecule has 88 valence electrons. The van der Waals surface area contributed by atoms with Gasteiger partial charge in [-0.2, -0.15) is 4.31 Å². The Morgan fingerprint density at radius 2 is 2.19 bits per heavy atom. The van der Waals surface area contributed by atoms with Crippen LogP contribution in [0.1, 0.15) is 12.0 Å². The van der Waals surface area contributed by atoms with Crippen molar-refractivity contribution >= 4 is 31.6 Å². The van der Waals surface area contributed by atoms with E-state index in [1.54, 1.807) is 12.1 Å². The Morgan fingerprint density at radius 3 is 2.75 bits per heavy atom. The van der Waals surface area contributed by atoms with Gasteiger partial charge in [0.25, 0.3) is 0 Å². The van der Waals surface area contributed by atoms with Crippen LogP contribution in [0.5, 0.6) is 0 Å². The highest BCUT2D eigenvalue weighted by Crippen LogP contribution is 2.24. The summed E-state index contributed by atoms with van der Waals surface area (Å²) in [5, 5.41) is 0. The molecule has 16 heavy (non-hydrogen) atoms. The van der Waals surface area contributed by atoms with Gasteiger partial charge >= 0.3 is 0 Å². The Hall–Kier alpha value is -0.590. The molecule has 1 aliphatic rings. The zero-order chi connectivity index (χ0) is 11.8. The molecule has 6 heteroatoms. The lowest BCUT2D eigenvalue weighted by molar-refractivity contribution is 0.439. The van der Waals surface area contributed by atoms with Gasteiger partial charge in [-0.05, 0) is 24.1 Å². The minimum absolute atomic E-state index is 0.263. The number of hydrogen-bond acceptors (Lipinski definition) is 3. The molecule has 0 spiro atoms. The maximum Gasteiger partial charge on any atom is 0.214 e. The average molecular weight is 305 g/mol. The van der Waals surface area contributed by atoms with E-state index < -0.39 is 10.0 Å². The van der Waals surface area contributed by atoms with Gasteiger partial charge in [-0.15, -0.1) is 0 Å². The molecular formula is C10H13BrN2O2S. The average Bonchev–Trinajstić information content (AvgIpc) is 2.50. The molecular weight excluding hydrogens is 292 g/mol. The maximum atomic E-state index is 11.6. The summed E-state index contributed by atoms with van der Waals surface area (Å²) >= 11 is 3.39. The smallest absolute Gasteiger partial charge is 0.214 e. The summed E-state index contributed by atoms with van der Waals surface area (Å²) in [6.45, 7) is 1.03. The van der Waals surface area contributed by atoms with Crippen LogP contribution in [0, 0.1) is 0 Å². The molecule has 0 bridgehead atoms. The third-order valence-electron chi connectivity index (χ3n) is 2.63. The summed E-state index contributed by atoms with van der Waals surface area (Å²) in [6.07, 6.45) is 0.717. The van der Waals surface area contributed by atoms with Crippen molar-refractivity contribution in [3.8, 4) is 0 Å². The lowest BCUT2D eigenvalue weighted by Crippen LogP contribution is -2.25. The molecule has 0 atom stereocenters. The van der Waals surface area contributed by atoms with Crippen molar-refractivity contribution in [2.45, 2.75) is 13.0 Å². The Bertz CT molecular complexity index is 502. The number of anilines is 1. The molecule has 1 heterocycles. The van der Waals surface area contributed by atoms with Crippen molar-refractivity contribution in [2.75, 3.05) is 18.0 Å². The lowest BCUT2D eigenvalue weighted by Gasteiger charge is -2.15. The first kappa shape index (κ1) is 11.9. The van der Waals surface area contributed by atoms with E-state index in [-0.39, 0.29) is 5.75 Å². The molecule has 0 saturated carbocycles. The van der Waals surface area contributed by atoms with Crippen molar-refractivity contribution in [3.05, 3.63) is 28.2 Å². The van der Waals surface area contributed by atoms with Crippen LogP contribution in [0.3, 0.4) is 0 Å². The van der Waals surface area contributed by atoms with Gasteiger partial charge in [0.15, 0.2) is 0 Å². The van der Waals surface area contributed by atoms with Crippen molar-refractivity contribution in [1.82, 2.24) is 4.31 Å². The largest absolute Gasteiger partial charge is 0.399 e. The van der Waals surface area contributed by atoms with E-state index in [1.807, 2.05) is 6.07 Å². The third kappa shape index (κ3) is 2.39. The summed E-state index contributed by atoms with van der Waals surface area (Å²) in [4.78, 5) is 0. The second-order valence-electron chi connectivity index (χ2n) is 3.85. The number of nitrogens with two attached hydrogens (primary N) is 1. The third-order valence-corrected chi connectivity index (χ3v) is 5.27. The standard InChI is InChI=1S/C10H13BrN2O2S/c11-10-6-9(12)3-2-8(10)7-13-4-1-5-16(13,14)15/h2-3,6H,1,4-5,7,12H2. The van der Waals surface area contributed by atoms with E-state index in [1.165, 1.54) is 4.31 Å². The van der Waals surface area contributed by atoms with Gasteiger partial charge in [0.1, 0.15) is 0 Å². The quantitative estimate of drug-likeness (QED) is 0.844. The number of hydrogen-bond donors (Lipinski definition) is 1. The molecule has 0 aliphatic carbocycles. The fourth-order valence-corrected chi connectivity index (χ4v) is 3.77. The summed E-state index contributed by atoms with van der Waals surface area (Å²) < 4.78 is 25.6. The van der Waals surface area contributed by atoms with Crippen LogP contribution in [0.2, 0.25) is 0 Å². The van der Waals surface area contributed by atoms with Gasteiger partial charge in [-0.3, -0.25) is 0 Å². The highest BCUT2D eigenvalue weighted by atomic mass is 79.9. The minimum Gasteiger partial charge on any atom is -0.399 e. The molecule has 1 fully saturated rings. The predicted octanol–water partition coefficient (Wildman–Crippen LogP) is 1.57. The first-order chi connectivity index (χ1) is 7.49. The molecule has 0 amide bonds. The predicted molar refractivity (Wildman–Crippen MR) is 67.4 cm³/mol. The number of rotatable bonds is 2. The zero-order valence-corrected chi connectivity index (χ0v) is 11.1. The fraction of sp³-hybridized carbons (Fsp3) is 0.400. The van der Waals surface area contributed by atoms with E-state index in [4.69, 9.17) is 5.73 Å². The van der Waals surface area contributed by atoms with E-state index in [0.717, 1.165) is 16.5 Å². The van der Waals surface area contributed by atoms with Gasteiger partial charge in [-0.25, -0.2) is 8.42 Å². The topological polar surface area (TPSA) is 63.4 Å². The number of benzene rings is 1. The van der Waals surface area contributed by atoms with Crippen molar-refractivity contribution in [1.29, 1.82) is 0 Å². The van der Waals surface area contributed by atoms with Crippen LogP contribution < -0.4 is 5.73 Å². The maximum absolute atomic E-state index is 11.6. The normalized spacial score (nSPS) is 20.1. The summed E-state index contributed by atoms with van der Waals surface area (Å²) in [6, 6.07) is 5.42. The highest BCUT2D eigenvalue weighted by Gasteiger charge is 2.28. The number of halogens is 1. The van der Waals surface area contributed by atoms with E-state index in [0.29, 0.717) is 18.8 Å². The second kappa shape index (κ2) is 4.35. The van der Waals surface area contributed by atoms with Crippen molar-refractivity contribution < 1.29 is 8.42 Å². The molecule has 2 rings (SSSR count). The number of sulfonamides is 1. The van der Waals surface area contributed by atoms with Gasteiger partial charge in [0.2, 0.25) is 10.0 Å². The highest BCUT2D eigenvalue weighted by molar-refractivity contribution is 9.10.